The van der Waals surface area contributed by atoms with Gasteiger partial charge in [-0.15, -0.1) is 0 Å². The lowest BCUT2D eigenvalue weighted by Gasteiger charge is -2.04. The molecule has 0 aliphatic carbocycles. The topological polar surface area (TPSA) is 52.0 Å². The molecule has 0 amide bonds. The van der Waals surface area contributed by atoms with Crippen LogP contribution in [0.2, 0.25) is 0 Å². The van der Waals surface area contributed by atoms with Gasteiger partial charge in [0.25, 0.3) is 0 Å². The van der Waals surface area contributed by atoms with Crippen LogP contribution >= 0.6 is 0 Å². The van der Waals surface area contributed by atoms with Gasteiger partial charge in [0.1, 0.15) is 11.6 Å². The van der Waals surface area contributed by atoms with E-state index in [1.54, 1.807) is 12.1 Å². The van der Waals surface area contributed by atoms with Crippen molar-refractivity contribution in [3.8, 4) is 11.1 Å². The van der Waals surface area contributed by atoms with Gasteiger partial charge < -0.3 is 10.3 Å². The minimum atomic E-state index is -0.298. The van der Waals surface area contributed by atoms with Crippen LogP contribution in [0.25, 0.3) is 11.1 Å². The van der Waals surface area contributed by atoms with Gasteiger partial charge in [-0.05, 0) is 17.7 Å². The molecule has 2 rings (SSSR count). The number of anilines is 1. The molecule has 0 saturated carbocycles. The lowest BCUT2D eigenvalue weighted by Crippen LogP contribution is -1.92. The summed E-state index contributed by atoms with van der Waals surface area (Å²) in [5.41, 5.74) is 7.12. The van der Waals surface area contributed by atoms with Crippen LogP contribution < -0.4 is 5.73 Å². The largest absolute Gasteiger partial charge is 0.380 e. The van der Waals surface area contributed by atoms with Gasteiger partial charge in [-0.3, -0.25) is 0 Å². The minimum absolute atomic E-state index is 0.156. The zero-order valence-corrected chi connectivity index (χ0v) is 9.20. The second-order valence-electron chi connectivity index (χ2n) is 3.97. The van der Waals surface area contributed by atoms with Crippen molar-refractivity contribution in [2.24, 2.45) is 0 Å². The van der Waals surface area contributed by atoms with Crippen LogP contribution in [-0.4, -0.2) is 5.16 Å². The fourth-order valence-electron chi connectivity index (χ4n) is 1.64. The van der Waals surface area contributed by atoms with Gasteiger partial charge in [0, 0.05) is 5.92 Å². The van der Waals surface area contributed by atoms with E-state index in [1.165, 1.54) is 12.1 Å². The molecule has 1 heterocycles. The Labute approximate surface area is 93.1 Å². The van der Waals surface area contributed by atoms with E-state index in [2.05, 4.69) is 5.16 Å². The Morgan fingerprint density at radius 3 is 2.75 bits per heavy atom. The van der Waals surface area contributed by atoms with Crippen molar-refractivity contribution in [2.75, 3.05) is 5.73 Å². The Balaban J connectivity index is 2.59. The molecular weight excluding hydrogens is 207 g/mol. The molecule has 4 heteroatoms. The molecule has 2 aromatic rings. The second kappa shape index (κ2) is 3.96. The molecule has 0 unspecified atom stereocenters. The molecule has 84 valence electrons. The first kappa shape index (κ1) is 10.7. The predicted octanol–water partition coefficient (Wildman–Crippen LogP) is 3.19. The van der Waals surface area contributed by atoms with E-state index in [0.717, 1.165) is 0 Å². The molecule has 0 radical (unpaired) electrons. The molecule has 0 aliphatic rings. The van der Waals surface area contributed by atoms with E-state index in [9.17, 15) is 4.39 Å². The van der Waals surface area contributed by atoms with Gasteiger partial charge in [0.15, 0.2) is 5.82 Å². The van der Waals surface area contributed by atoms with E-state index in [4.69, 9.17) is 10.3 Å². The number of hydrogen-bond acceptors (Lipinski definition) is 3. The predicted molar refractivity (Wildman–Crippen MR) is 60.4 cm³/mol. The summed E-state index contributed by atoms with van der Waals surface area (Å²) in [6.45, 7) is 3.95. The number of nitrogens with two attached hydrogens (primary N) is 1. The maximum absolute atomic E-state index is 13.1. The molecule has 0 fully saturated rings. The van der Waals surface area contributed by atoms with Crippen LogP contribution in [0.5, 0.6) is 0 Å². The summed E-state index contributed by atoms with van der Waals surface area (Å²) in [6, 6.07) is 6.25. The van der Waals surface area contributed by atoms with Gasteiger partial charge in [0.2, 0.25) is 0 Å². The van der Waals surface area contributed by atoms with Crippen molar-refractivity contribution in [2.45, 2.75) is 19.8 Å². The summed E-state index contributed by atoms with van der Waals surface area (Å²) in [6.07, 6.45) is 0. The van der Waals surface area contributed by atoms with Gasteiger partial charge in [-0.2, -0.15) is 0 Å². The molecule has 0 atom stereocenters. The van der Waals surface area contributed by atoms with Crippen LogP contribution in [0.4, 0.5) is 10.2 Å². The number of nitrogen functional groups attached to an aromatic ring is 1. The average Bonchev–Trinajstić information content (AvgIpc) is 2.60. The third-order valence-electron chi connectivity index (χ3n) is 2.38. The summed E-state index contributed by atoms with van der Waals surface area (Å²) >= 11 is 0. The maximum Gasteiger partial charge on any atom is 0.175 e. The highest BCUT2D eigenvalue weighted by molar-refractivity contribution is 5.75. The highest BCUT2D eigenvalue weighted by atomic mass is 19.1. The van der Waals surface area contributed by atoms with E-state index in [1.807, 2.05) is 13.8 Å². The standard InChI is InChI=1S/C12H13FN2O/c1-7(2)11-10(12(14)15-16-11)8-4-3-5-9(13)6-8/h3-7H,1-2H3,(H2,14,15). The van der Waals surface area contributed by atoms with Crippen LogP contribution in [0.1, 0.15) is 25.5 Å². The van der Waals surface area contributed by atoms with Crippen LogP contribution in [0.15, 0.2) is 28.8 Å². The summed E-state index contributed by atoms with van der Waals surface area (Å²) in [4.78, 5) is 0. The summed E-state index contributed by atoms with van der Waals surface area (Å²) in [7, 11) is 0. The van der Waals surface area contributed by atoms with Crippen LogP contribution in [-0.2, 0) is 0 Å². The number of rotatable bonds is 2. The van der Waals surface area contributed by atoms with Crippen LogP contribution in [0.3, 0.4) is 0 Å². The molecule has 1 aromatic carbocycles. The van der Waals surface area contributed by atoms with Crippen molar-refractivity contribution in [1.82, 2.24) is 5.16 Å². The maximum atomic E-state index is 13.1. The first-order valence-electron chi connectivity index (χ1n) is 5.10. The summed E-state index contributed by atoms with van der Waals surface area (Å²) < 4.78 is 18.3. The summed E-state index contributed by atoms with van der Waals surface area (Å²) in [5, 5.41) is 3.72. The SMILES string of the molecule is CC(C)c1onc(N)c1-c1cccc(F)c1. The molecule has 0 bridgehead atoms. The third kappa shape index (κ3) is 1.78. The van der Waals surface area contributed by atoms with E-state index in [-0.39, 0.29) is 11.7 Å². The lowest BCUT2D eigenvalue weighted by molar-refractivity contribution is 0.374. The average molecular weight is 220 g/mol. The van der Waals surface area contributed by atoms with E-state index >= 15 is 0 Å². The molecular formula is C12H13FN2O. The number of benzene rings is 1. The normalized spacial score (nSPS) is 11.0. The molecule has 16 heavy (non-hydrogen) atoms. The number of aromatic nitrogens is 1. The monoisotopic (exact) mass is 220 g/mol. The fraction of sp³-hybridized carbons (Fsp3) is 0.250. The van der Waals surface area contributed by atoms with Gasteiger partial charge in [0.05, 0.1) is 5.56 Å². The lowest BCUT2D eigenvalue weighted by atomic mass is 10.00. The summed E-state index contributed by atoms with van der Waals surface area (Å²) in [5.74, 6) is 0.841. The van der Waals surface area contributed by atoms with Crippen molar-refractivity contribution in [3.63, 3.8) is 0 Å². The van der Waals surface area contributed by atoms with E-state index in [0.29, 0.717) is 22.7 Å². The number of halogens is 1. The Bertz CT molecular complexity index is 505. The Morgan fingerprint density at radius 2 is 2.12 bits per heavy atom. The number of nitrogens with zero attached hydrogens (tertiary/aromatic N) is 1. The molecule has 2 N–H and O–H groups in total. The highest BCUT2D eigenvalue weighted by Gasteiger charge is 2.18. The molecule has 0 saturated heterocycles. The Kier molecular flexibility index (Phi) is 2.64. The van der Waals surface area contributed by atoms with Crippen molar-refractivity contribution >= 4 is 5.82 Å². The Hall–Kier alpha value is -1.84. The first-order valence-corrected chi connectivity index (χ1v) is 5.10. The van der Waals surface area contributed by atoms with Crippen molar-refractivity contribution < 1.29 is 8.91 Å². The Morgan fingerprint density at radius 1 is 1.38 bits per heavy atom. The smallest absolute Gasteiger partial charge is 0.175 e. The molecule has 3 nitrogen and oxygen atoms in total. The van der Waals surface area contributed by atoms with Gasteiger partial charge >= 0.3 is 0 Å². The highest BCUT2D eigenvalue weighted by Crippen LogP contribution is 2.33. The molecule has 0 spiro atoms. The quantitative estimate of drug-likeness (QED) is 0.845. The van der Waals surface area contributed by atoms with Crippen molar-refractivity contribution in [3.05, 3.63) is 35.8 Å². The minimum Gasteiger partial charge on any atom is -0.380 e. The van der Waals surface area contributed by atoms with Gasteiger partial charge in [-0.1, -0.05) is 31.1 Å². The zero-order chi connectivity index (χ0) is 11.7. The van der Waals surface area contributed by atoms with Crippen LogP contribution in [0, 0.1) is 5.82 Å². The van der Waals surface area contributed by atoms with Gasteiger partial charge in [-0.25, -0.2) is 4.39 Å². The molecule has 1 aromatic heterocycles. The second-order valence-corrected chi connectivity index (χ2v) is 3.97. The third-order valence-corrected chi connectivity index (χ3v) is 2.38. The number of hydrogen-bond donors (Lipinski definition) is 1. The molecule has 0 aliphatic heterocycles. The van der Waals surface area contributed by atoms with Crippen molar-refractivity contribution in [1.29, 1.82) is 0 Å². The zero-order valence-electron chi connectivity index (χ0n) is 9.20. The first-order chi connectivity index (χ1) is 7.59. The van der Waals surface area contributed by atoms with E-state index < -0.39 is 0 Å². The fourth-order valence-corrected chi connectivity index (χ4v) is 1.64.